The Morgan fingerprint density at radius 2 is 0.974 bits per heavy atom. The number of hydrogen-bond acceptors (Lipinski definition) is 9. The molecule has 0 aliphatic rings. The summed E-state index contributed by atoms with van der Waals surface area (Å²) < 4.78 is 2.62. The SMILES string of the molecule is O=C(O)Cn1nc(-c2ccc(C(=O)O)s2)cc1-c1ccc(-c2cc(-c3ccc(C(=O)O)s3)nn2CC(=O)O)s1. The maximum Gasteiger partial charge on any atom is 0.345 e. The van der Waals surface area contributed by atoms with Crippen LogP contribution in [0.1, 0.15) is 19.3 Å². The van der Waals surface area contributed by atoms with E-state index in [1.807, 2.05) is 0 Å². The molecule has 0 saturated carbocycles. The summed E-state index contributed by atoms with van der Waals surface area (Å²) >= 11 is 3.31. The van der Waals surface area contributed by atoms with Crippen LogP contribution in [-0.2, 0) is 22.7 Å². The molecule has 39 heavy (non-hydrogen) atoms. The van der Waals surface area contributed by atoms with E-state index in [4.69, 9.17) is 0 Å². The van der Waals surface area contributed by atoms with Crippen LogP contribution in [0.15, 0.2) is 48.5 Å². The van der Waals surface area contributed by atoms with Gasteiger partial charge in [-0.2, -0.15) is 10.2 Å². The third kappa shape index (κ3) is 5.36. The first-order valence-corrected chi connectivity index (χ1v) is 13.4. The summed E-state index contributed by atoms with van der Waals surface area (Å²) in [5, 5.41) is 46.1. The van der Waals surface area contributed by atoms with Gasteiger partial charge in [-0.3, -0.25) is 19.0 Å². The third-order valence-corrected chi connectivity index (χ3v) is 8.70. The van der Waals surface area contributed by atoms with Gasteiger partial charge in [-0.05, 0) is 48.5 Å². The fraction of sp³-hybridized carbons (Fsp3) is 0.0833. The highest BCUT2D eigenvalue weighted by atomic mass is 32.1. The standard InChI is InChI=1S/C24H16N4O8S3/c29-21(30)9-27-13(7-11(25-27)15-1-5-19(37-15)23(33)34)17-3-4-18(39-17)14-8-12(26-28(14)10-22(31)32)16-2-6-20(38-16)24(35)36/h1-8H,9-10H2,(H,29,30)(H,31,32)(H,33,34)(H,35,36). The zero-order chi connectivity index (χ0) is 27.8. The second-order valence-electron chi connectivity index (χ2n) is 8.03. The van der Waals surface area contributed by atoms with Crippen LogP contribution in [0.25, 0.3) is 42.3 Å². The third-order valence-electron chi connectivity index (χ3n) is 5.38. The Balaban J connectivity index is 1.54. The molecule has 5 aromatic heterocycles. The van der Waals surface area contributed by atoms with Gasteiger partial charge in [0.2, 0.25) is 0 Å². The van der Waals surface area contributed by atoms with Gasteiger partial charge in [-0.15, -0.1) is 34.0 Å². The summed E-state index contributed by atoms with van der Waals surface area (Å²) in [6, 6.07) is 13.0. The van der Waals surface area contributed by atoms with E-state index < -0.39 is 37.0 Å². The average molecular weight is 585 g/mol. The predicted octanol–water partition coefficient (Wildman–Crippen LogP) is 4.50. The van der Waals surface area contributed by atoms with Gasteiger partial charge in [0.15, 0.2) is 0 Å². The molecule has 0 atom stereocenters. The van der Waals surface area contributed by atoms with Gasteiger partial charge >= 0.3 is 23.9 Å². The zero-order valence-corrected chi connectivity index (χ0v) is 21.9. The molecule has 0 saturated heterocycles. The number of carbonyl (C=O) groups is 4. The molecule has 5 heterocycles. The molecule has 5 aromatic rings. The van der Waals surface area contributed by atoms with E-state index in [1.165, 1.54) is 32.8 Å². The lowest BCUT2D eigenvalue weighted by Crippen LogP contribution is -2.11. The van der Waals surface area contributed by atoms with Crippen molar-refractivity contribution in [2.24, 2.45) is 0 Å². The lowest BCUT2D eigenvalue weighted by atomic mass is 10.2. The van der Waals surface area contributed by atoms with Gasteiger partial charge in [0.1, 0.15) is 34.2 Å². The van der Waals surface area contributed by atoms with Crippen LogP contribution >= 0.6 is 34.0 Å². The molecule has 0 aliphatic carbocycles. The van der Waals surface area contributed by atoms with Crippen molar-refractivity contribution in [3.63, 3.8) is 0 Å². The molecule has 4 N–H and O–H groups in total. The van der Waals surface area contributed by atoms with Crippen LogP contribution in [0.4, 0.5) is 0 Å². The van der Waals surface area contributed by atoms with Gasteiger partial charge in [-0.25, -0.2) is 9.59 Å². The number of rotatable bonds is 10. The van der Waals surface area contributed by atoms with E-state index in [0.29, 0.717) is 42.3 Å². The quantitative estimate of drug-likeness (QED) is 0.182. The second-order valence-corrected chi connectivity index (χ2v) is 11.3. The first-order valence-electron chi connectivity index (χ1n) is 11.0. The van der Waals surface area contributed by atoms with Crippen LogP contribution in [0.2, 0.25) is 0 Å². The van der Waals surface area contributed by atoms with Crippen molar-refractivity contribution in [3.05, 3.63) is 58.3 Å². The van der Waals surface area contributed by atoms with E-state index in [0.717, 1.165) is 22.7 Å². The summed E-state index contributed by atoms with van der Waals surface area (Å²) in [5.74, 6) is -4.36. The fourth-order valence-corrected chi connectivity index (χ4v) is 6.41. The molecule has 0 fully saturated rings. The van der Waals surface area contributed by atoms with E-state index in [1.54, 1.807) is 36.4 Å². The molecule has 0 spiro atoms. The van der Waals surface area contributed by atoms with Gasteiger partial charge in [0.05, 0.1) is 30.9 Å². The second kappa shape index (κ2) is 10.3. The normalized spacial score (nSPS) is 11.1. The summed E-state index contributed by atoms with van der Waals surface area (Å²) in [5.41, 5.74) is 1.82. The monoisotopic (exact) mass is 584 g/mol. The fourth-order valence-electron chi connectivity index (χ4n) is 3.76. The number of carboxylic acid groups (broad SMARTS) is 4. The molecular weight excluding hydrogens is 568 g/mol. The molecule has 15 heteroatoms. The first kappa shape index (κ1) is 26.0. The van der Waals surface area contributed by atoms with Crippen LogP contribution in [0, 0.1) is 0 Å². The highest BCUT2D eigenvalue weighted by Gasteiger charge is 2.21. The number of aliphatic carboxylic acids is 2. The molecule has 0 bridgehead atoms. The smallest absolute Gasteiger partial charge is 0.345 e. The minimum atomic E-state index is -1.11. The zero-order valence-electron chi connectivity index (χ0n) is 19.5. The van der Waals surface area contributed by atoms with Gasteiger partial charge < -0.3 is 20.4 Å². The van der Waals surface area contributed by atoms with Crippen molar-refractivity contribution in [1.82, 2.24) is 19.6 Å². The Morgan fingerprint density at radius 1 is 0.590 bits per heavy atom. The van der Waals surface area contributed by atoms with Crippen LogP contribution < -0.4 is 0 Å². The Kier molecular flexibility index (Phi) is 6.86. The van der Waals surface area contributed by atoms with E-state index in [9.17, 15) is 39.6 Å². The Labute approximate surface area is 230 Å². The molecule has 0 radical (unpaired) electrons. The lowest BCUT2D eigenvalue weighted by molar-refractivity contribution is -0.138. The number of thiophene rings is 3. The summed E-state index contributed by atoms with van der Waals surface area (Å²) in [4.78, 5) is 48.3. The van der Waals surface area contributed by atoms with Crippen molar-refractivity contribution in [1.29, 1.82) is 0 Å². The number of aromatic carboxylic acids is 2. The largest absolute Gasteiger partial charge is 0.480 e. The van der Waals surface area contributed by atoms with Gasteiger partial charge in [0, 0.05) is 0 Å². The topological polar surface area (TPSA) is 185 Å². The number of nitrogens with zero attached hydrogens (tertiary/aromatic N) is 4. The van der Waals surface area contributed by atoms with Crippen molar-refractivity contribution in [3.8, 4) is 42.3 Å². The molecule has 0 unspecified atom stereocenters. The molecule has 0 aliphatic heterocycles. The van der Waals surface area contributed by atoms with Crippen molar-refractivity contribution in [2.75, 3.05) is 0 Å². The molecule has 0 aromatic carbocycles. The molecule has 12 nitrogen and oxygen atoms in total. The lowest BCUT2D eigenvalue weighted by Gasteiger charge is -2.03. The first-order chi connectivity index (χ1) is 18.6. The number of carboxylic acids is 4. The predicted molar refractivity (Wildman–Crippen MR) is 143 cm³/mol. The molecule has 198 valence electrons. The van der Waals surface area contributed by atoms with Crippen molar-refractivity contribution < 1.29 is 39.6 Å². The van der Waals surface area contributed by atoms with E-state index in [2.05, 4.69) is 10.2 Å². The Bertz CT molecular complexity index is 1630. The number of aromatic nitrogens is 4. The number of hydrogen-bond donors (Lipinski definition) is 4. The molecule has 0 amide bonds. The highest BCUT2D eigenvalue weighted by Crippen LogP contribution is 2.39. The highest BCUT2D eigenvalue weighted by molar-refractivity contribution is 7.19. The Hall–Kier alpha value is -4.60. The van der Waals surface area contributed by atoms with Crippen LogP contribution in [0.3, 0.4) is 0 Å². The summed E-state index contributed by atoms with van der Waals surface area (Å²) in [6.45, 7) is -0.851. The maximum absolute atomic E-state index is 11.5. The van der Waals surface area contributed by atoms with Crippen molar-refractivity contribution in [2.45, 2.75) is 13.1 Å². The summed E-state index contributed by atoms with van der Waals surface area (Å²) in [7, 11) is 0. The minimum Gasteiger partial charge on any atom is -0.480 e. The maximum atomic E-state index is 11.5. The van der Waals surface area contributed by atoms with Crippen molar-refractivity contribution >= 4 is 57.9 Å². The van der Waals surface area contributed by atoms with E-state index in [-0.39, 0.29) is 9.75 Å². The minimum absolute atomic E-state index is 0.126. The van der Waals surface area contributed by atoms with Gasteiger partial charge in [-0.1, -0.05) is 0 Å². The molecule has 5 rings (SSSR count). The Morgan fingerprint density at radius 3 is 1.31 bits per heavy atom. The molecular formula is C24H16N4O8S3. The van der Waals surface area contributed by atoms with Crippen LogP contribution in [0.5, 0.6) is 0 Å². The summed E-state index contributed by atoms with van der Waals surface area (Å²) in [6.07, 6.45) is 0. The van der Waals surface area contributed by atoms with Crippen LogP contribution in [-0.4, -0.2) is 63.9 Å². The average Bonchev–Trinajstić information content (AvgIpc) is 3.67. The van der Waals surface area contributed by atoms with E-state index >= 15 is 0 Å². The van der Waals surface area contributed by atoms with Gasteiger partial charge in [0.25, 0.3) is 0 Å².